The van der Waals surface area contributed by atoms with Gasteiger partial charge in [-0.25, -0.2) is 8.42 Å². The molecule has 1 heterocycles. The number of rotatable bonds is 3. The molecule has 1 fully saturated rings. The van der Waals surface area contributed by atoms with E-state index in [2.05, 4.69) is 22.6 Å². The van der Waals surface area contributed by atoms with E-state index in [9.17, 15) is 13.2 Å². The van der Waals surface area contributed by atoms with Crippen molar-refractivity contribution in [2.75, 3.05) is 13.1 Å². The minimum atomic E-state index is -3.39. The average Bonchev–Trinajstić information content (AvgIpc) is 3.06. The van der Waals surface area contributed by atoms with E-state index in [1.807, 2.05) is 12.1 Å². The summed E-state index contributed by atoms with van der Waals surface area (Å²) >= 11 is 2.18. The van der Waals surface area contributed by atoms with E-state index >= 15 is 0 Å². The second-order valence-electron chi connectivity index (χ2n) is 5.53. The Morgan fingerprint density at radius 3 is 2.35 bits per heavy atom. The number of hydrogen-bond donors (Lipinski definition) is 0. The molecule has 0 radical (unpaired) electrons. The fourth-order valence-corrected chi connectivity index (χ4v) is 4.82. The molecule has 1 unspecified atom stereocenters. The lowest BCUT2D eigenvalue weighted by Gasteiger charge is -2.17. The first kappa shape index (κ1) is 16.4. The highest BCUT2D eigenvalue weighted by molar-refractivity contribution is 14.1. The van der Waals surface area contributed by atoms with Crippen LogP contribution in [0.1, 0.15) is 16.8 Å². The predicted octanol–water partition coefficient (Wildman–Crippen LogP) is 2.98. The van der Waals surface area contributed by atoms with Crippen LogP contribution in [0.3, 0.4) is 0 Å². The maximum atomic E-state index is 12.6. The van der Waals surface area contributed by atoms with E-state index in [0.717, 1.165) is 3.57 Å². The van der Waals surface area contributed by atoms with Gasteiger partial charge in [-0.3, -0.25) is 4.79 Å². The van der Waals surface area contributed by atoms with Gasteiger partial charge in [0.15, 0.2) is 9.84 Å². The number of amides is 1. The summed E-state index contributed by atoms with van der Waals surface area (Å²) in [6.45, 7) is 0.726. The van der Waals surface area contributed by atoms with Crippen molar-refractivity contribution in [1.82, 2.24) is 4.90 Å². The third kappa shape index (κ3) is 3.42. The topological polar surface area (TPSA) is 54.5 Å². The van der Waals surface area contributed by atoms with Gasteiger partial charge in [0.2, 0.25) is 0 Å². The Labute approximate surface area is 149 Å². The summed E-state index contributed by atoms with van der Waals surface area (Å²) in [5, 5.41) is -0.530. The maximum Gasteiger partial charge on any atom is 0.253 e. The van der Waals surface area contributed by atoms with Crippen molar-refractivity contribution in [3.63, 3.8) is 0 Å². The summed E-state index contributed by atoms with van der Waals surface area (Å²) in [6.07, 6.45) is 0.479. The van der Waals surface area contributed by atoms with Crippen LogP contribution in [-0.2, 0) is 9.84 Å². The molecule has 4 nitrogen and oxygen atoms in total. The molecular weight excluding hydrogens is 425 g/mol. The zero-order valence-electron chi connectivity index (χ0n) is 12.4. The number of sulfone groups is 1. The van der Waals surface area contributed by atoms with Gasteiger partial charge in [0.25, 0.3) is 5.91 Å². The van der Waals surface area contributed by atoms with Crippen LogP contribution in [-0.4, -0.2) is 37.6 Å². The van der Waals surface area contributed by atoms with Crippen molar-refractivity contribution < 1.29 is 13.2 Å². The van der Waals surface area contributed by atoms with Crippen molar-refractivity contribution in [1.29, 1.82) is 0 Å². The molecule has 0 N–H and O–H groups in total. The van der Waals surface area contributed by atoms with E-state index in [1.54, 1.807) is 47.4 Å². The van der Waals surface area contributed by atoms with Gasteiger partial charge in [-0.05, 0) is 65.4 Å². The summed E-state index contributed by atoms with van der Waals surface area (Å²) in [5.41, 5.74) is 0.600. The fourth-order valence-electron chi connectivity index (χ4n) is 2.74. The van der Waals surface area contributed by atoms with E-state index in [-0.39, 0.29) is 12.5 Å². The molecule has 2 aromatic carbocycles. The molecule has 3 rings (SSSR count). The van der Waals surface area contributed by atoms with Gasteiger partial charge in [0, 0.05) is 22.2 Å². The Hall–Kier alpha value is -1.41. The van der Waals surface area contributed by atoms with Crippen LogP contribution in [0.2, 0.25) is 0 Å². The van der Waals surface area contributed by atoms with Crippen molar-refractivity contribution in [2.24, 2.45) is 0 Å². The van der Waals surface area contributed by atoms with Crippen LogP contribution in [0.25, 0.3) is 0 Å². The summed E-state index contributed by atoms with van der Waals surface area (Å²) in [6, 6.07) is 15.8. The van der Waals surface area contributed by atoms with Gasteiger partial charge in [-0.2, -0.15) is 0 Å². The highest BCUT2D eigenvalue weighted by Crippen LogP contribution is 2.25. The molecule has 120 valence electrons. The molecule has 1 saturated heterocycles. The normalized spacial score (nSPS) is 18.1. The fraction of sp³-hybridized carbons (Fsp3) is 0.235. The second-order valence-corrected chi connectivity index (χ2v) is 9.00. The maximum absolute atomic E-state index is 12.6. The Morgan fingerprint density at radius 1 is 1.04 bits per heavy atom. The van der Waals surface area contributed by atoms with Gasteiger partial charge in [-0.15, -0.1) is 0 Å². The Morgan fingerprint density at radius 2 is 1.70 bits per heavy atom. The number of carbonyl (C=O) groups is 1. The lowest BCUT2D eigenvalue weighted by molar-refractivity contribution is 0.0793. The smallest absolute Gasteiger partial charge is 0.253 e. The summed E-state index contributed by atoms with van der Waals surface area (Å²) in [7, 11) is -3.39. The molecular formula is C17H16INO3S. The van der Waals surface area contributed by atoms with Crippen LogP contribution in [0.5, 0.6) is 0 Å². The Balaban J connectivity index is 1.76. The minimum absolute atomic E-state index is 0.104. The standard InChI is InChI=1S/C17H16INO3S/c18-14-8-6-13(7-9-14)17(20)19-11-10-16(12-19)23(21,22)15-4-2-1-3-5-15/h1-9,16H,10-12H2. The first-order valence-electron chi connectivity index (χ1n) is 7.32. The van der Waals surface area contributed by atoms with Gasteiger partial charge in [0.1, 0.15) is 0 Å². The molecule has 2 aromatic rings. The monoisotopic (exact) mass is 441 g/mol. The minimum Gasteiger partial charge on any atom is -0.337 e. The molecule has 1 atom stereocenters. The molecule has 23 heavy (non-hydrogen) atoms. The van der Waals surface area contributed by atoms with Crippen molar-refractivity contribution in [2.45, 2.75) is 16.6 Å². The summed E-state index contributed by atoms with van der Waals surface area (Å²) < 4.78 is 26.3. The van der Waals surface area contributed by atoms with Crippen molar-refractivity contribution in [3.05, 3.63) is 63.7 Å². The highest BCUT2D eigenvalue weighted by atomic mass is 127. The van der Waals surface area contributed by atoms with E-state index in [1.165, 1.54) is 0 Å². The number of halogens is 1. The number of nitrogens with zero attached hydrogens (tertiary/aromatic N) is 1. The van der Waals surface area contributed by atoms with Crippen LogP contribution < -0.4 is 0 Å². The highest BCUT2D eigenvalue weighted by Gasteiger charge is 2.36. The molecule has 1 amide bonds. The van der Waals surface area contributed by atoms with Crippen LogP contribution >= 0.6 is 22.6 Å². The second kappa shape index (κ2) is 6.60. The summed E-state index contributed by atoms with van der Waals surface area (Å²) in [5.74, 6) is -0.104. The quantitative estimate of drug-likeness (QED) is 0.689. The Bertz CT molecular complexity index is 803. The van der Waals surface area contributed by atoms with E-state index < -0.39 is 15.1 Å². The Kier molecular flexibility index (Phi) is 4.72. The SMILES string of the molecule is O=C(c1ccc(I)cc1)N1CCC(S(=O)(=O)c2ccccc2)C1. The molecule has 0 bridgehead atoms. The molecule has 0 aromatic heterocycles. The lowest BCUT2D eigenvalue weighted by Crippen LogP contribution is -2.31. The molecule has 1 aliphatic rings. The number of likely N-dealkylation sites (tertiary alicyclic amines) is 1. The molecule has 0 saturated carbocycles. The van der Waals surface area contributed by atoms with Gasteiger partial charge in [0.05, 0.1) is 10.1 Å². The van der Waals surface area contributed by atoms with Gasteiger partial charge < -0.3 is 4.90 Å². The van der Waals surface area contributed by atoms with E-state index in [0.29, 0.717) is 23.4 Å². The van der Waals surface area contributed by atoms with Crippen LogP contribution in [0.15, 0.2) is 59.5 Å². The number of carbonyl (C=O) groups excluding carboxylic acids is 1. The molecule has 1 aliphatic heterocycles. The summed E-state index contributed by atoms with van der Waals surface area (Å²) in [4.78, 5) is 14.5. The van der Waals surface area contributed by atoms with E-state index in [4.69, 9.17) is 0 Å². The third-order valence-corrected chi connectivity index (χ3v) is 6.94. The average molecular weight is 441 g/mol. The first-order valence-corrected chi connectivity index (χ1v) is 9.95. The zero-order chi connectivity index (χ0) is 16.4. The third-order valence-electron chi connectivity index (χ3n) is 4.03. The van der Waals surface area contributed by atoms with Gasteiger partial charge >= 0.3 is 0 Å². The zero-order valence-corrected chi connectivity index (χ0v) is 15.3. The van der Waals surface area contributed by atoms with Crippen LogP contribution in [0, 0.1) is 3.57 Å². The molecule has 0 aliphatic carbocycles. The first-order chi connectivity index (χ1) is 11.0. The number of benzene rings is 2. The lowest BCUT2D eigenvalue weighted by atomic mass is 10.2. The molecule has 0 spiro atoms. The molecule has 6 heteroatoms. The predicted molar refractivity (Wildman–Crippen MR) is 97.1 cm³/mol. The van der Waals surface area contributed by atoms with Crippen molar-refractivity contribution in [3.8, 4) is 0 Å². The van der Waals surface area contributed by atoms with Crippen molar-refractivity contribution >= 4 is 38.3 Å². The number of hydrogen-bond acceptors (Lipinski definition) is 3. The van der Waals surface area contributed by atoms with Crippen LogP contribution in [0.4, 0.5) is 0 Å². The largest absolute Gasteiger partial charge is 0.337 e. The van der Waals surface area contributed by atoms with Gasteiger partial charge in [-0.1, -0.05) is 18.2 Å².